The molecule has 4 aromatic carbocycles. The maximum absolute atomic E-state index is 12.4. The number of carbonyl (C=O) groups excluding carboxylic acids is 2. The Kier molecular flexibility index (Phi) is 6.73. The normalized spacial score (nSPS) is 10.4. The van der Waals surface area contributed by atoms with E-state index in [0.717, 1.165) is 22.3 Å². The van der Waals surface area contributed by atoms with Crippen LogP contribution in [0.5, 0.6) is 0 Å². The molecule has 0 fully saturated rings. The molecule has 0 heterocycles. The molecule has 0 radical (unpaired) electrons. The summed E-state index contributed by atoms with van der Waals surface area (Å²) in [6.07, 6.45) is 0. The van der Waals surface area contributed by atoms with Crippen molar-refractivity contribution in [3.8, 4) is 11.1 Å². The van der Waals surface area contributed by atoms with Gasteiger partial charge in [0.25, 0.3) is 0 Å². The average molecular weight is 422 g/mol. The molecule has 0 atom stereocenters. The largest absolute Gasteiger partial charge is 0.457 e. The second kappa shape index (κ2) is 10.2. The average Bonchev–Trinajstić information content (AvgIpc) is 2.87. The summed E-state index contributed by atoms with van der Waals surface area (Å²) in [5.74, 6) is -0.740. The molecule has 158 valence electrons. The molecule has 0 amide bonds. The number of hydrogen-bond donors (Lipinski definition) is 0. The van der Waals surface area contributed by atoms with E-state index in [4.69, 9.17) is 9.47 Å². The third kappa shape index (κ3) is 5.10. The van der Waals surface area contributed by atoms with Crippen molar-refractivity contribution in [2.75, 3.05) is 0 Å². The molecule has 0 saturated heterocycles. The number of hydrogen-bond acceptors (Lipinski definition) is 4. The third-order valence-corrected chi connectivity index (χ3v) is 5.06. The lowest BCUT2D eigenvalue weighted by Gasteiger charge is -2.14. The summed E-state index contributed by atoms with van der Waals surface area (Å²) in [5, 5.41) is 0. The van der Waals surface area contributed by atoms with E-state index in [-0.39, 0.29) is 25.2 Å². The van der Waals surface area contributed by atoms with Crippen LogP contribution >= 0.6 is 0 Å². The van der Waals surface area contributed by atoms with Gasteiger partial charge in [-0.25, -0.2) is 9.59 Å². The quantitative estimate of drug-likeness (QED) is 0.339. The van der Waals surface area contributed by atoms with E-state index in [9.17, 15) is 9.59 Å². The lowest BCUT2D eigenvalue weighted by molar-refractivity contribution is 0.0462. The van der Waals surface area contributed by atoms with Gasteiger partial charge in [0.15, 0.2) is 0 Å². The van der Waals surface area contributed by atoms with Crippen molar-refractivity contribution in [3.05, 3.63) is 131 Å². The van der Waals surface area contributed by atoms with Crippen LogP contribution < -0.4 is 0 Å². The summed E-state index contributed by atoms with van der Waals surface area (Å²) in [4.78, 5) is 24.7. The van der Waals surface area contributed by atoms with Gasteiger partial charge in [-0.3, -0.25) is 0 Å². The molecule has 4 rings (SSSR count). The lowest BCUT2D eigenvalue weighted by atomic mass is 9.96. The van der Waals surface area contributed by atoms with Gasteiger partial charge in [0.1, 0.15) is 13.2 Å². The Balaban J connectivity index is 1.52. The van der Waals surface area contributed by atoms with Crippen LogP contribution in [0.25, 0.3) is 11.1 Å². The van der Waals surface area contributed by atoms with Gasteiger partial charge in [-0.15, -0.1) is 0 Å². The molecule has 0 aliphatic heterocycles. The first-order valence-electron chi connectivity index (χ1n) is 10.3. The molecule has 0 N–H and O–H groups in total. The summed E-state index contributed by atoms with van der Waals surface area (Å²) in [6, 6.07) is 33.3. The van der Waals surface area contributed by atoms with Crippen LogP contribution in [0.3, 0.4) is 0 Å². The standard InChI is InChI=1S/C28H22O4/c29-27(21-11-3-1-4-12-21)31-19-23-15-7-9-17-25(23)26-18-10-8-16-24(26)20-32-28(30)22-13-5-2-6-14-22/h1-18H,19-20H2. The molecular formula is C28H22O4. The molecule has 4 heteroatoms. The minimum absolute atomic E-state index is 0.141. The summed E-state index contributed by atoms with van der Waals surface area (Å²) >= 11 is 0. The Morgan fingerprint density at radius 1 is 0.469 bits per heavy atom. The Morgan fingerprint density at radius 3 is 1.22 bits per heavy atom. The van der Waals surface area contributed by atoms with E-state index in [2.05, 4.69) is 0 Å². The van der Waals surface area contributed by atoms with Crippen molar-refractivity contribution in [1.29, 1.82) is 0 Å². The topological polar surface area (TPSA) is 52.6 Å². The zero-order chi connectivity index (χ0) is 22.2. The second-order valence-corrected chi connectivity index (χ2v) is 7.20. The zero-order valence-electron chi connectivity index (χ0n) is 17.4. The van der Waals surface area contributed by atoms with Crippen molar-refractivity contribution in [2.45, 2.75) is 13.2 Å². The molecule has 0 bridgehead atoms. The van der Waals surface area contributed by atoms with Crippen LogP contribution in [0.4, 0.5) is 0 Å². The maximum atomic E-state index is 12.4. The predicted octanol–water partition coefficient (Wildman–Crippen LogP) is 6.07. The number of benzene rings is 4. The molecule has 0 unspecified atom stereocenters. The van der Waals surface area contributed by atoms with Gasteiger partial charge in [0.05, 0.1) is 11.1 Å². The lowest BCUT2D eigenvalue weighted by Crippen LogP contribution is -2.07. The highest BCUT2D eigenvalue weighted by Crippen LogP contribution is 2.28. The van der Waals surface area contributed by atoms with Crippen LogP contribution in [-0.2, 0) is 22.7 Å². The van der Waals surface area contributed by atoms with E-state index in [1.807, 2.05) is 60.7 Å². The van der Waals surface area contributed by atoms with E-state index in [1.165, 1.54) is 0 Å². The highest BCUT2D eigenvalue weighted by atomic mass is 16.5. The van der Waals surface area contributed by atoms with Crippen molar-refractivity contribution in [3.63, 3.8) is 0 Å². The Labute approximate surface area is 187 Å². The Morgan fingerprint density at radius 2 is 0.812 bits per heavy atom. The SMILES string of the molecule is O=C(OCc1ccccc1-c1ccccc1COC(=O)c1ccccc1)c1ccccc1. The monoisotopic (exact) mass is 422 g/mol. The highest BCUT2D eigenvalue weighted by molar-refractivity contribution is 5.90. The van der Waals surface area contributed by atoms with Crippen molar-refractivity contribution < 1.29 is 19.1 Å². The van der Waals surface area contributed by atoms with Crippen molar-refractivity contribution >= 4 is 11.9 Å². The number of esters is 2. The van der Waals surface area contributed by atoms with Crippen molar-refractivity contribution in [1.82, 2.24) is 0 Å². The number of carbonyl (C=O) groups is 2. The van der Waals surface area contributed by atoms with Gasteiger partial charge in [-0.05, 0) is 46.5 Å². The number of rotatable bonds is 7. The van der Waals surface area contributed by atoms with Gasteiger partial charge in [-0.1, -0.05) is 84.9 Å². The Bertz CT molecular complexity index is 1100. The summed E-state index contributed by atoms with van der Waals surface area (Å²) in [6.45, 7) is 0.282. The fourth-order valence-corrected chi connectivity index (χ4v) is 3.42. The van der Waals surface area contributed by atoms with E-state index in [0.29, 0.717) is 11.1 Å². The van der Waals surface area contributed by atoms with Crippen molar-refractivity contribution in [2.24, 2.45) is 0 Å². The Hall–Kier alpha value is -4.18. The molecule has 4 aromatic rings. The van der Waals surface area contributed by atoms with Crippen LogP contribution in [0, 0.1) is 0 Å². The predicted molar refractivity (Wildman–Crippen MR) is 123 cm³/mol. The van der Waals surface area contributed by atoms with Gasteiger partial charge in [0.2, 0.25) is 0 Å². The van der Waals surface area contributed by atoms with Gasteiger partial charge < -0.3 is 9.47 Å². The van der Waals surface area contributed by atoms with E-state index < -0.39 is 0 Å². The molecule has 32 heavy (non-hydrogen) atoms. The minimum Gasteiger partial charge on any atom is -0.457 e. The van der Waals surface area contributed by atoms with Gasteiger partial charge in [-0.2, -0.15) is 0 Å². The van der Waals surface area contributed by atoms with Gasteiger partial charge in [0, 0.05) is 0 Å². The summed E-state index contributed by atoms with van der Waals surface area (Å²) in [7, 11) is 0. The molecule has 0 aliphatic carbocycles. The van der Waals surface area contributed by atoms with Crippen LogP contribution in [0.1, 0.15) is 31.8 Å². The molecule has 0 spiro atoms. The smallest absolute Gasteiger partial charge is 0.338 e. The summed E-state index contributed by atoms with van der Waals surface area (Å²) in [5.41, 5.74) is 4.63. The molecule has 0 aliphatic rings. The third-order valence-electron chi connectivity index (χ3n) is 5.06. The second-order valence-electron chi connectivity index (χ2n) is 7.20. The minimum atomic E-state index is -0.370. The highest BCUT2D eigenvalue weighted by Gasteiger charge is 2.14. The molecule has 0 saturated carbocycles. The van der Waals surface area contributed by atoms with Crippen LogP contribution in [0.2, 0.25) is 0 Å². The van der Waals surface area contributed by atoms with Gasteiger partial charge >= 0.3 is 11.9 Å². The first-order chi connectivity index (χ1) is 15.7. The number of ether oxygens (including phenoxy) is 2. The zero-order valence-corrected chi connectivity index (χ0v) is 17.4. The first-order valence-corrected chi connectivity index (χ1v) is 10.3. The fourth-order valence-electron chi connectivity index (χ4n) is 3.42. The van der Waals surface area contributed by atoms with E-state index in [1.54, 1.807) is 48.5 Å². The maximum Gasteiger partial charge on any atom is 0.338 e. The van der Waals surface area contributed by atoms with Crippen LogP contribution in [-0.4, -0.2) is 11.9 Å². The first kappa shape index (κ1) is 21.1. The molecule has 0 aromatic heterocycles. The summed E-state index contributed by atoms with van der Waals surface area (Å²) < 4.78 is 11.1. The molecular weight excluding hydrogens is 400 g/mol. The van der Waals surface area contributed by atoms with E-state index >= 15 is 0 Å². The van der Waals surface area contributed by atoms with Crippen LogP contribution in [0.15, 0.2) is 109 Å². The molecule has 4 nitrogen and oxygen atoms in total. The fraction of sp³-hybridized carbons (Fsp3) is 0.0714.